The number of piperidine rings is 1. The molecule has 3 fully saturated rings. The molecule has 17 atom stereocenters. The number of ether oxygens (including phenoxy) is 2. The highest BCUT2D eigenvalue weighted by molar-refractivity contribution is 5.93. The number of rotatable bonds is 15. The van der Waals surface area contributed by atoms with E-state index in [9.17, 15) is 54.3 Å². The molecule has 4 heterocycles. The molecule has 434 valence electrons. The van der Waals surface area contributed by atoms with Gasteiger partial charge in [-0.3, -0.25) is 29.0 Å². The van der Waals surface area contributed by atoms with Gasteiger partial charge in [-0.15, -0.1) is 0 Å². The molecule has 18 nitrogen and oxygen atoms in total. The molecule has 4 amide bonds. The van der Waals surface area contributed by atoms with Gasteiger partial charge in [-0.1, -0.05) is 110 Å². The molecule has 0 aliphatic carbocycles. The van der Waals surface area contributed by atoms with Gasteiger partial charge in [-0.2, -0.15) is 0 Å². The number of carbonyl (C=O) groups is 6. The molecule has 0 radical (unpaired) electrons. The first-order valence-electron chi connectivity index (χ1n) is 28.4. The number of ketones is 1. The average Bonchev–Trinajstić information content (AvgIpc) is 3.51. The summed E-state index contributed by atoms with van der Waals surface area (Å²) in [5, 5.41) is 66.1. The monoisotopic (exact) mass is 1090 g/mol. The number of benzene rings is 1. The van der Waals surface area contributed by atoms with E-state index in [0.29, 0.717) is 49.7 Å². The highest BCUT2D eigenvalue weighted by Gasteiger charge is 2.57. The van der Waals surface area contributed by atoms with Crippen molar-refractivity contribution in [2.24, 2.45) is 47.3 Å². The first kappa shape index (κ1) is 63.6. The minimum atomic E-state index is -1.43. The van der Waals surface area contributed by atoms with E-state index < -0.39 is 102 Å². The van der Waals surface area contributed by atoms with Gasteiger partial charge in [0.05, 0.1) is 36.4 Å². The summed E-state index contributed by atoms with van der Waals surface area (Å²) < 4.78 is 12.9. The van der Waals surface area contributed by atoms with Crippen molar-refractivity contribution in [3.05, 3.63) is 77.9 Å². The zero-order chi connectivity index (χ0) is 57.6. The summed E-state index contributed by atoms with van der Waals surface area (Å²) in [4.78, 5) is 82.2. The Balaban J connectivity index is 1.35. The average molecular weight is 1090 g/mol. The van der Waals surface area contributed by atoms with Crippen LogP contribution in [0.1, 0.15) is 139 Å². The van der Waals surface area contributed by atoms with Gasteiger partial charge in [0, 0.05) is 61.8 Å². The molecule has 5 rings (SSSR count). The summed E-state index contributed by atoms with van der Waals surface area (Å²) in [5.41, 5.74) is 3.27. The third-order valence-corrected chi connectivity index (χ3v) is 16.9. The molecular formula is C60H91N5O13. The Labute approximate surface area is 461 Å². The number of phenolic OH excluding ortho intramolecular Hbond substituents is 1. The number of aliphatic hydroxyl groups is 4. The van der Waals surface area contributed by atoms with Crippen molar-refractivity contribution in [1.29, 1.82) is 0 Å². The molecule has 18 heteroatoms. The molecule has 9 N–H and O–H groups in total. The Morgan fingerprint density at radius 1 is 0.949 bits per heavy atom. The Morgan fingerprint density at radius 2 is 1.68 bits per heavy atom. The summed E-state index contributed by atoms with van der Waals surface area (Å²) in [6.07, 6.45) is 10.6. The standard InChI is InChI=1S/C60H91N5O13/c1-11-43-30-37(6)60(63-55(43)72)41(10)53(70)40(9)51(78-60)33-49(69)35(4)20-14-12-15-21-36(5)50-26-17-13-16-25-48(68)39(8)54(71)45(28-27-38(7)66)56(73)62-52(34(2)3)57(74)61-47(32-42-22-18-23-44(67)31-42)58(75)65-29-19-24-46(64-65)59(76)77-50/h12-13,15-18,21-23,25,31,34-35,37,39-41,43,45-54,64,67-71H,11,14,19-20,24,26-30,32-33H2,1-10H3,(H,61,74)(H,62,73)(H,63,72)/t35-,37-,39-,40-,41-,43-,45+,46?,47-,48+,49-,50-,51-,52-,53-,54+,60+/m0/s1. The summed E-state index contributed by atoms with van der Waals surface area (Å²) in [7, 11) is 0. The Morgan fingerprint density at radius 3 is 2.36 bits per heavy atom. The van der Waals surface area contributed by atoms with E-state index in [2.05, 4.69) is 28.3 Å². The minimum Gasteiger partial charge on any atom is -0.508 e. The van der Waals surface area contributed by atoms with Crippen molar-refractivity contribution in [2.45, 2.75) is 200 Å². The van der Waals surface area contributed by atoms with E-state index >= 15 is 0 Å². The largest absolute Gasteiger partial charge is 0.508 e. The second kappa shape index (κ2) is 29.3. The molecule has 1 spiro atoms. The predicted molar refractivity (Wildman–Crippen MR) is 295 cm³/mol. The number of allylic oxidation sites excluding steroid dienone is 5. The molecule has 0 aromatic heterocycles. The normalized spacial score (nSPS) is 34.1. The smallest absolute Gasteiger partial charge is 0.325 e. The molecule has 1 aromatic carbocycles. The topological polar surface area (TPSA) is 273 Å². The number of nitrogens with zero attached hydrogens (tertiary/aromatic N) is 1. The first-order chi connectivity index (χ1) is 36.9. The van der Waals surface area contributed by atoms with E-state index in [0.717, 1.165) is 6.42 Å². The Kier molecular flexibility index (Phi) is 23.9. The zero-order valence-corrected chi connectivity index (χ0v) is 47.6. The lowest BCUT2D eigenvalue weighted by atomic mass is 9.69. The van der Waals surface area contributed by atoms with Crippen LogP contribution in [0.2, 0.25) is 0 Å². The number of hydrogen-bond donors (Lipinski definition) is 9. The van der Waals surface area contributed by atoms with Crippen LogP contribution in [0.5, 0.6) is 5.75 Å². The van der Waals surface area contributed by atoms with E-state index in [4.69, 9.17) is 9.47 Å². The van der Waals surface area contributed by atoms with Gasteiger partial charge in [0.2, 0.25) is 17.7 Å². The van der Waals surface area contributed by atoms with Gasteiger partial charge >= 0.3 is 5.97 Å². The maximum atomic E-state index is 14.5. The number of hydrogen-bond acceptors (Lipinski definition) is 14. The lowest BCUT2D eigenvalue weighted by Gasteiger charge is -2.56. The van der Waals surface area contributed by atoms with Crippen molar-refractivity contribution in [2.75, 3.05) is 6.54 Å². The number of aromatic hydroxyl groups is 1. The number of fused-ring (bicyclic) bond motifs is 2. The number of aliphatic hydroxyl groups excluding tert-OH is 4. The number of esters is 1. The van der Waals surface area contributed by atoms with Crippen molar-refractivity contribution in [1.82, 2.24) is 26.4 Å². The molecule has 2 bridgehead atoms. The van der Waals surface area contributed by atoms with Crippen LogP contribution in [-0.4, -0.2) is 133 Å². The zero-order valence-electron chi connectivity index (χ0n) is 47.6. The van der Waals surface area contributed by atoms with Crippen molar-refractivity contribution in [3.63, 3.8) is 0 Å². The molecule has 1 unspecified atom stereocenters. The highest BCUT2D eigenvalue weighted by Crippen LogP contribution is 2.46. The number of phenols is 1. The summed E-state index contributed by atoms with van der Waals surface area (Å²) >= 11 is 0. The third kappa shape index (κ3) is 16.7. The van der Waals surface area contributed by atoms with E-state index in [1.165, 1.54) is 30.1 Å². The van der Waals surface area contributed by atoms with Crippen molar-refractivity contribution in [3.8, 4) is 5.75 Å². The summed E-state index contributed by atoms with van der Waals surface area (Å²) in [6.45, 7) is 18.3. The molecule has 4 aliphatic rings. The maximum Gasteiger partial charge on any atom is 0.325 e. The highest BCUT2D eigenvalue weighted by atomic mass is 16.5. The van der Waals surface area contributed by atoms with E-state index in [-0.39, 0.29) is 79.3 Å². The molecule has 3 saturated heterocycles. The van der Waals surface area contributed by atoms with Crippen LogP contribution in [0.3, 0.4) is 0 Å². The minimum absolute atomic E-state index is 0.0254. The van der Waals surface area contributed by atoms with Gasteiger partial charge in [0.1, 0.15) is 41.5 Å². The fourth-order valence-electron chi connectivity index (χ4n) is 11.3. The summed E-state index contributed by atoms with van der Waals surface area (Å²) in [5.74, 6) is -6.33. The first-order valence-corrected chi connectivity index (χ1v) is 28.4. The number of cyclic esters (lactones) is 1. The molecule has 78 heavy (non-hydrogen) atoms. The lowest BCUT2D eigenvalue weighted by molar-refractivity contribution is -0.267. The maximum absolute atomic E-state index is 14.5. The van der Waals surface area contributed by atoms with Gasteiger partial charge in [0.25, 0.3) is 5.91 Å². The van der Waals surface area contributed by atoms with Crippen molar-refractivity contribution < 1.29 is 63.8 Å². The third-order valence-electron chi connectivity index (χ3n) is 16.9. The number of amides is 4. The number of Topliss-reactive ketones (excluding diaryl/α,β-unsaturated/α-hetero) is 1. The molecular weight excluding hydrogens is 999 g/mol. The SMILES string of the molecule is CC[C@H]1C[C@H](C)[C@@]2(NC1=O)O[C@@H](C[C@H](O)[C@@H](C)CCC=CC=C(C)[C@@H]1CC=CC=C[C@@H](O)[C@H](C)[C@@H](O)[C@@H](CCC(C)=O)C(=O)N[C@@H](C(C)C)C(=O)N[C@@H](Cc3cccc(O)c3)C(=O)N3CCCC(N3)C(=O)O1)[C@H](C)[C@H](O)[C@@H]2C. The van der Waals surface area contributed by atoms with Crippen LogP contribution in [0.25, 0.3) is 0 Å². The number of carbonyl (C=O) groups excluding carboxylic acids is 6. The predicted octanol–water partition coefficient (Wildman–Crippen LogP) is 5.41. The van der Waals surface area contributed by atoms with Crippen LogP contribution in [0.4, 0.5) is 0 Å². The number of nitrogens with one attached hydrogen (secondary N) is 4. The second-order valence-electron chi connectivity index (χ2n) is 23.2. The van der Waals surface area contributed by atoms with Crippen LogP contribution < -0.4 is 21.4 Å². The van der Waals surface area contributed by atoms with Gasteiger partial charge in [-0.25, -0.2) is 5.43 Å². The fraction of sp³-hybridized carbons (Fsp3) is 0.667. The molecule has 4 aliphatic heterocycles. The van der Waals surface area contributed by atoms with Crippen LogP contribution >= 0.6 is 0 Å². The lowest BCUT2D eigenvalue weighted by Crippen LogP contribution is -2.71. The van der Waals surface area contributed by atoms with Crippen LogP contribution in [0.15, 0.2) is 72.4 Å². The number of hydrazine groups is 1. The second-order valence-corrected chi connectivity index (χ2v) is 23.2. The van der Waals surface area contributed by atoms with Gasteiger partial charge in [0.15, 0.2) is 0 Å². The Bertz CT molecular complexity index is 2340. The van der Waals surface area contributed by atoms with Crippen LogP contribution in [0, 0.1) is 47.3 Å². The van der Waals surface area contributed by atoms with Gasteiger partial charge in [-0.05, 0) is 93.9 Å². The van der Waals surface area contributed by atoms with Crippen LogP contribution in [-0.2, 0) is 44.7 Å². The molecule has 0 saturated carbocycles. The summed E-state index contributed by atoms with van der Waals surface area (Å²) in [6, 6.07) is 2.90. The van der Waals surface area contributed by atoms with Gasteiger partial charge < -0.3 is 55.8 Å². The van der Waals surface area contributed by atoms with Crippen molar-refractivity contribution >= 4 is 35.4 Å². The Hall–Kier alpha value is -5.24. The van der Waals surface area contributed by atoms with E-state index in [1.807, 2.05) is 52.8 Å². The molecule has 1 aromatic rings. The quantitative estimate of drug-likeness (QED) is 0.0786. The fourth-order valence-corrected chi connectivity index (χ4v) is 11.3. The van der Waals surface area contributed by atoms with E-state index in [1.54, 1.807) is 51.1 Å².